The van der Waals surface area contributed by atoms with Crippen molar-refractivity contribution in [3.63, 3.8) is 0 Å². The van der Waals surface area contributed by atoms with Crippen LogP contribution in [0.5, 0.6) is 5.75 Å². The number of Topliss-reactive ketones (excluding diaryl/α,β-unsaturated/α-hetero) is 2. The topological polar surface area (TPSA) is 54.4 Å². The van der Waals surface area contributed by atoms with E-state index in [-0.39, 0.29) is 28.4 Å². The van der Waals surface area contributed by atoms with E-state index in [0.717, 1.165) is 0 Å². The summed E-state index contributed by atoms with van der Waals surface area (Å²) in [6.45, 7) is 2.69. The molecular weight excluding hydrogens is 168 g/mol. The molecule has 0 fully saturated rings. The lowest BCUT2D eigenvalue weighted by Gasteiger charge is -2.03. The second-order valence-corrected chi connectivity index (χ2v) is 2.81. The molecular formula is C10H10O3. The maximum atomic E-state index is 11.0. The molecule has 0 aromatic heterocycles. The summed E-state index contributed by atoms with van der Waals surface area (Å²) < 4.78 is 0. The molecule has 0 aliphatic rings. The van der Waals surface area contributed by atoms with Gasteiger partial charge in [0.05, 0.1) is 11.1 Å². The van der Waals surface area contributed by atoms with E-state index in [9.17, 15) is 14.7 Å². The van der Waals surface area contributed by atoms with Gasteiger partial charge in [-0.05, 0) is 26.0 Å². The molecule has 0 aliphatic carbocycles. The minimum absolute atomic E-state index is 0.188. The molecule has 0 unspecified atom stereocenters. The molecule has 0 spiro atoms. The third kappa shape index (κ3) is 1.75. The van der Waals surface area contributed by atoms with E-state index < -0.39 is 0 Å². The SMILES string of the molecule is CC(=O)c1cccc(C(C)=O)c1O. The van der Waals surface area contributed by atoms with Gasteiger partial charge in [0.1, 0.15) is 5.75 Å². The zero-order valence-electron chi connectivity index (χ0n) is 7.50. The van der Waals surface area contributed by atoms with Gasteiger partial charge >= 0.3 is 0 Å². The van der Waals surface area contributed by atoms with Crippen LogP contribution < -0.4 is 0 Å². The van der Waals surface area contributed by atoms with Crippen LogP contribution in [-0.4, -0.2) is 16.7 Å². The standard InChI is InChI=1S/C10H10O3/c1-6(11)8-4-3-5-9(7(2)12)10(8)13/h3-5,13H,1-2H3. The van der Waals surface area contributed by atoms with Crippen molar-refractivity contribution in [3.8, 4) is 5.75 Å². The van der Waals surface area contributed by atoms with Crippen LogP contribution in [0.25, 0.3) is 0 Å². The van der Waals surface area contributed by atoms with E-state index in [0.29, 0.717) is 0 Å². The summed E-state index contributed by atoms with van der Waals surface area (Å²) in [6.07, 6.45) is 0. The largest absolute Gasteiger partial charge is 0.506 e. The third-order valence-corrected chi connectivity index (χ3v) is 1.79. The van der Waals surface area contributed by atoms with Crippen LogP contribution in [0.2, 0.25) is 0 Å². The summed E-state index contributed by atoms with van der Waals surface area (Å²) in [5.74, 6) is -0.719. The first kappa shape index (κ1) is 9.45. The van der Waals surface area contributed by atoms with Crippen LogP contribution in [0.1, 0.15) is 34.6 Å². The van der Waals surface area contributed by atoms with Gasteiger partial charge < -0.3 is 5.11 Å². The summed E-state index contributed by atoms with van der Waals surface area (Å²) in [5.41, 5.74) is 0.375. The highest BCUT2D eigenvalue weighted by atomic mass is 16.3. The van der Waals surface area contributed by atoms with Crippen molar-refractivity contribution < 1.29 is 14.7 Å². The molecule has 0 aliphatic heterocycles. The smallest absolute Gasteiger partial charge is 0.163 e. The predicted molar refractivity (Wildman–Crippen MR) is 48.1 cm³/mol. The molecule has 0 saturated carbocycles. The minimum Gasteiger partial charge on any atom is -0.506 e. The lowest BCUT2D eigenvalue weighted by Crippen LogP contribution is -1.99. The number of carbonyl (C=O) groups excluding carboxylic acids is 2. The molecule has 68 valence electrons. The van der Waals surface area contributed by atoms with Gasteiger partial charge in [-0.3, -0.25) is 9.59 Å². The van der Waals surface area contributed by atoms with Crippen molar-refractivity contribution in [2.75, 3.05) is 0 Å². The highest BCUT2D eigenvalue weighted by molar-refractivity contribution is 6.03. The van der Waals surface area contributed by atoms with Crippen LogP contribution in [-0.2, 0) is 0 Å². The normalized spacial score (nSPS) is 9.69. The van der Waals surface area contributed by atoms with E-state index in [1.807, 2.05) is 0 Å². The Hall–Kier alpha value is -1.64. The number of hydrogen-bond donors (Lipinski definition) is 1. The Bertz CT molecular complexity index is 334. The second-order valence-electron chi connectivity index (χ2n) is 2.81. The fourth-order valence-electron chi connectivity index (χ4n) is 1.11. The highest BCUT2D eigenvalue weighted by Crippen LogP contribution is 2.22. The van der Waals surface area contributed by atoms with Crippen molar-refractivity contribution in [1.82, 2.24) is 0 Å². The monoisotopic (exact) mass is 178 g/mol. The fourth-order valence-corrected chi connectivity index (χ4v) is 1.11. The number of carbonyl (C=O) groups is 2. The Balaban J connectivity index is 3.35. The van der Waals surface area contributed by atoms with E-state index in [4.69, 9.17) is 0 Å². The summed E-state index contributed by atoms with van der Waals surface area (Å²) in [7, 11) is 0. The lowest BCUT2D eigenvalue weighted by molar-refractivity contribution is 0.101. The average Bonchev–Trinajstić information content (AvgIpc) is 2.03. The number of phenols is 1. The van der Waals surface area contributed by atoms with Crippen LogP contribution >= 0.6 is 0 Å². The number of aromatic hydroxyl groups is 1. The summed E-state index contributed by atoms with van der Waals surface area (Å²) in [4.78, 5) is 21.9. The predicted octanol–water partition coefficient (Wildman–Crippen LogP) is 1.80. The first-order chi connectivity index (χ1) is 6.04. The maximum Gasteiger partial charge on any atom is 0.163 e. The minimum atomic E-state index is -0.249. The number of para-hydroxylation sites is 1. The Morgan fingerprint density at radius 1 is 1.08 bits per heavy atom. The van der Waals surface area contributed by atoms with Gasteiger partial charge in [0.25, 0.3) is 0 Å². The summed E-state index contributed by atoms with van der Waals surface area (Å²) in [6, 6.07) is 4.56. The Morgan fingerprint density at radius 3 is 1.77 bits per heavy atom. The van der Waals surface area contributed by atoms with E-state index in [1.165, 1.54) is 26.0 Å². The van der Waals surface area contributed by atoms with Crippen LogP contribution in [0.4, 0.5) is 0 Å². The lowest BCUT2D eigenvalue weighted by atomic mass is 10.0. The van der Waals surface area contributed by atoms with Gasteiger partial charge in [-0.1, -0.05) is 6.07 Å². The first-order valence-corrected chi connectivity index (χ1v) is 3.88. The van der Waals surface area contributed by atoms with Crippen molar-refractivity contribution in [2.24, 2.45) is 0 Å². The number of benzene rings is 1. The van der Waals surface area contributed by atoms with Crippen molar-refractivity contribution in [1.29, 1.82) is 0 Å². The first-order valence-electron chi connectivity index (χ1n) is 3.88. The van der Waals surface area contributed by atoms with Crippen molar-refractivity contribution in [3.05, 3.63) is 29.3 Å². The molecule has 0 radical (unpaired) electrons. The molecule has 1 aromatic carbocycles. The number of ketones is 2. The van der Waals surface area contributed by atoms with Crippen molar-refractivity contribution >= 4 is 11.6 Å². The molecule has 1 N–H and O–H groups in total. The Labute approximate surface area is 76.0 Å². The van der Waals surface area contributed by atoms with Crippen LogP contribution in [0.3, 0.4) is 0 Å². The molecule has 13 heavy (non-hydrogen) atoms. The third-order valence-electron chi connectivity index (χ3n) is 1.79. The van der Waals surface area contributed by atoms with Gasteiger partial charge in [0.15, 0.2) is 11.6 Å². The average molecular weight is 178 g/mol. The molecule has 0 saturated heterocycles. The molecule has 0 amide bonds. The van der Waals surface area contributed by atoms with Gasteiger partial charge in [-0.15, -0.1) is 0 Å². The zero-order chi connectivity index (χ0) is 10.0. The van der Waals surface area contributed by atoms with E-state index in [1.54, 1.807) is 6.07 Å². The molecule has 0 heterocycles. The molecule has 1 rings (SSSR count). The Kier molecular flexibility index (Phi) is 2.46. The molecule has 3 nitrogen and oxygen atoms in total. The number of phenolic OH excluding ortho intramolecular Hbond substituents is 1. The Morgan fingerprint density at radius 2 is 1.46 bits per heavy atom. The van der Waals surface area contributed by atoms with Gasteiger partial charge in [-0.25, -0.2) is 0 Å². The van der Waals surface area contributed by atoms with Crippen LogP contribution in [0, 0.1) is 0 Å². The molecule has 1 aromatic rings. The molecule has 0 bridgehead atoms. The van der Waals surface area contributed by atoms with Gasteiger partial charge in [0.2, 0.25) is 0 Å². The van der Waals surface area contributed by atoms with Gasteiger partial charge in [-0.2, -0.15) is 0 Å². The highest BCUT2D eigenvalue weighted by Gasteiger charge is 2.12. The second kappa shape index (κ2) is 3.39. The molecule has 0 atom stereocenters. The zero-order valence-corrected chi connectivity index (χ0v) is 7.50. The van der Waals surface area contributed by atoms with Gasteiger partial charge in [0, 0.05) is 0 Å². The van der Waals surface area contributed by atoms with E-state index >= 15 is 0 Å². The molecule has 3 heteroatoms. The number of rotatable bonds is 2. The summed E-state index contributed by atoms with van der Waals surface area (Å²) in [5, 5.41) is 9.49. The quantitative estimate of drug-likeness (QED) is 0.702. The summed E-state index contributed by atoms with van der Waals surface area (Å²) >= 11 is 0. The number of hydrogen-bond acceptors (Lipinski definition) is 3. The maximum absolute atomic E-state index is 11.0. The van der Waals surface area contributed by atoms with Crippen molar-refractivity contribution in [2.45, 2.75) is 13.8 Å². The van der Waals surface area contributed by atoms with Crippen LogP contribution in [0.15, 0.2) is 18.2 Å². The van der Waals surface area contributed by atoms with E-state index in [2.05, 4.69) is 0 Å². The fraction of sp³-hybridized carbons (Fsp3) is 0.200.